The number of hydrogen-bond acceptors (Lipinski definition) is 1. The van der Waals surface area contributed by atoms with Gasteiger partial charge in [-0.3, -0.25) is 0 Å². The molecule has 0 aromatic rings. The van der Waals surface area contributed by atoms with E-state index in [4.69, 9.17) is 4.11 Å². The van der Waals surface area contributed by atoms with Gasteiger partial charge in [0.25, 0.3) is 0 Å². The second kappa shape index (κ2) is 1.95. The minimum absolute atomic E-state index is 0.0799. The predicted octanol–water partition coefficient (Wildman–Crippen LogP) is 0.808. The van der Waals surface area contributed by atoms with Crippen LogP contribution >= 0.6 is 0 Å². The zero-order valence-electron chi connectivity index (χ0n) is 9.79. The third-order valence-electron chi connectivity index (χ3n) is 3.68. The molecule has 12 heavy (non-hydrogen) atoms. The first-order chi connectivity index (χ1) is 6.98. The molecular formula is C9H14N2O. The number of hydrogen-bond donors (Lipinski definition) is 1. The quantitative estimate of drug-likeness (QED) is 0.572. The Balaban J connectivity index is 1.94. The summed E-state index contributed by atoms with van der Waals surface area (Å²) in [6.45, 7) is -2.28. The monoisotopic (exact) mass is 169 g/mol. The number of carbonyl (C=O) groups excluding carboxylic acids is 1. The molecule has 66 valence electrons. The molecule has 3 rings (SSSR count). The van der Waals surface area contributed by atoms with Crippen molar-refractivity contribution in [3.63, 3.8) is 0 Å². The van der Waals surface area contributed by atoms with Gasteiger partial charge < -0.3 is 10.2 Å². The van der Waals surface area contributed by atoms with E-state index in [0.29, 0.717) is 11.8 Å². The van der Waals surface area contributed by atoms with Gasteiger partial charge in [0.05, 0.1) is 12.1 Å². The van der Waals surface area contributed by atoms with Crippen molar-refractivity contribution in [1.29, 1.82) is 0 Å². The normalized spacial score (nSPS) is 54.5. The lowest BCUT2D eigenvalue weighted by molar-refractivity contribution is 0.200. The van der Waals surface area contributed by atoms with Crippen LogP contribution in [0, 0.1) is 11.8 Å². The summed E-state index contributed by atoms with van der Waals surface area (Å²) in [6.07, 6.45) is 3.30. The van der Waals surface area contributed by atoms with Gasteiger partial charge in [-0.25, -0.2) is 4.79 Å². The first-order valence-corrected chi connectivity index (χ1v) is 4.58. The number of fused-ring (bicyclic) bond motifs is 5. The summed E-state index contributed by atoms with van der Waals surface area (Å²) < 4.78 is 22.2. The lowest BCUT2D eigenvalue weighted by Gasteiger charge is -2.26. The molecule has 3 aliphatic rings. The minimum atomic E-state index is -2.28. The van der Waals surface area contributed by atoms with Gasteiger partial charge in [0.1, 0.15) is 0 Å². The van der Waals surface area contributed by atoms with Crippen molar-refractivity contribution in [2.75, 3.05) is 6.98 Å². The molecule has 0 aromatic carbocycles. The van der Waals surface area contributed by atoms with Crippen LogP contribution in [0.2, 0.25) is 0 Å². The number of urea groups is 1. The number of amides is 2. The van der Waals surface area contributed by atoms with Gasteiger partial charge in [0.2, 0.25) is 0 Å². The summed E-state index contributed by atoms with van der Waals surface area (Å²) in [5.41, 5.74) is 0. The zero-order chi connectivity index (χ0) is 10.8. The van der Waals surface area contributed by atoms with E-state index < -0.39 is 13.0 Å². The van der Waals surface area contributed by atoms with Crippen LogP contribution < -0.4 is 5.32 Å². The van der Waals surface area contributed by atoms with Crippen molar-refractivity contribution in [2.45, 2.75) is 31.3 Å². The molecule has 2 amide bonds. The van der Waals surface area contributed by atoms with Crippen LogP contribution in [0.5, 0.6) is 0 Å². The van der Waals surface area contributed by atoms with E-state index in [1.165, 1.54) is 0 Å². The molecule has 4 unspecified atom stereocenters. The zero-order valence-corrected chi connectivity index (χ0v) is 6.79. The molecule has 3 heteroatoms. The summed E-state index contributed by atoms with van der Waals surface area (Å²) in [5.74, 6) is 0.913. The molecule has 2 bridgehead atoms. The maximum atomic E-state index is 11.6. The number of rotatable bonds is 0. The van der Waals surface area contributed by atoms with E-state index in [9.17, 15) is 4.79 Å². The van der Waals surface area contributed by atoms with Crippen LogP contribution in [0.3, 0.4) is 0 Å². The highest BCUT2D eigenvalue weighted by molar-refractivity contribution is 5.77. The molecule has 0 radical (unpaired) electrons. The Morgan fingerprint density at radius 2 is 2.42 bits per heavy atom. The fourth-order valence-electron chi connectivity index (χ4n) is 3.18. The largest absolute Gasteiger partial charge is 0.333 e. The summed E-state index contributed by atoms with van der Waals surface area (Å²) in [6, 6.07) is -0.387. The fraction of sp³-hybridized carbons (Fsp3) is 0.889. The highest BCUT2D eigenvalue weighted by Gasteiger charge is 2.54. The van der Waals surface area contributed by atoms with E-state index in [2.05, 4.69) is 5.32 Å². The van der Waals surface area contributed by atoms with Crippen LogP contribution in [-0.2, 0) is 0 Å². The van der Waals surface area contributed by atoms with Gasteiger partial charge >= 0.3 is 6.03 Å². The summed E-state index contributed by atoms with van der Waals surface area (Å²) in [7, 11) is 0. The van der Waals surface area contributed by atoms with Gasteiger partial charge in [0.15, 0.2) is 0 Å². The Hall–Kier alpha value is -0.730. The van der Waals surface area contributed by atoms with Crippen molar-refractivity contribution in [1.82, 2.24) is 10.2 Å². The third kappa shape index (κ3) is 0.609. The summed E-state index contributed by atoms with van der Waals surface area (Å²) in [4.78, 5) is 12.7. The van der Waals surface area contributed by atoms with Gasteiger partial charge in [-0.05, 0) is 31.1 Å². The van der Waals surface area contributed by atoms with Crippen LogP contribution in [0.4, 0.5) is 4.79 Å². The third-order valence-corrected chi connectivity index (χ3v) is 3.68. The van der Waals surface area contributed by atoms with Gasteiger partial charge in [-0.1, -0.05) is 0 Å². The number of nitrogens with one attached hydrogen (secondary N) is 1. The molecule has 1 saturated heterocycles. The second-order valence-electron chi connectivity index (χ2n) is 4.17. The van der Waals surface area contributed by atoms with Gasteiger partial charge in [-0.15, -0.1) is 0 Å². The molecule has 2 saturated carbocycles. The van der Waals surface area contributed by atoms with Crippen LogP contribution in [0.25, 0.3) is 0 Å². The second-order valence-corrected chi connectivity index (χ2v) is 4.17. The van der Waals surface area contributed by atoms with Crippen molar-refractivity contribution < 1.29 is 8.91 Å². The van der Waals surface area contributed by atoms with Gasteiger partial charge in [0, 0.05) is 11.1 Å². The van der Waals surface area contributed by atoms with E-state index in [1.54, 1.807) is 0 Å². The molecule has 3 fully saturated rings. The van der Waals surface area contributed by atoms with Crippen molar-refractivity contribution in [3.05, 3.63) is 0 Å². The number of likely N-dealkylation sites (N-methyl/N-ethyl adjacent to an activating group) is 1. The molecule has 2 aliphatic carbocycles. The van der Waals surface area contributed by atoms with Gasteiger partial charge in [-0.2, -0.15) is 0 Å². The minimum Gasteiger partial charge on any atom is -0.333 e. The average molecular weight is 169 g/mol. The van der Waals surface area contributed by atoms with E-state index in [0.717, 1.165) is 24.2 Å². The average Bonchev–Trinajstić information content (AvgIpc) is 2.68. The summed E-state index contributed by atoms with van der Waals surface area (Å²) in [5, 5.41) is 2.83. The molecule has 0 aromatic heterocycles. The molecule has 1 heterocycles. The molecule has 3 nitrogen and oxygen atoms in total. The highest BCUT2D eigenvalue weighted by Crippen LogP contribution is 2.48. The van der Waals surface area contributed by atoms with E-state index >= 15 is 0 Å². The van der Waals surface area contributed by atoms with Crippen molar-refractivity contribution >= 4 is 6.03 Å². The Kier molecular flexibility index (Phi) is 0.730. The molecule has 1 N–H and O–H groups in total. The standard InChI is InChI=1S/C9H14N2O/c1-11-8-6-3-2-5(4-6)7(8)10-9(11)12/h5-8H,2-4H2,1H3,(H,10,12)/i1D3. The summed E-state index contributed by atoms with van der Waals surface area (Å²) >= 11 is 0. The lowest BCUT2D eigenvalue weighted by atomic mass is 9.91. The molecule has 4 atom stereocenters. The number of carbonyl (C=O) groups is 1. The SMILES string of the molecule is [2H]C([2H])([2H])N1C(=O)NC2C3CCC(C3)C21. The van der Waals surface area contributed by atoms with Crippen LogP contribution in [-0.4, -0.2) is 30.0 Å². The van der Waals surface area contributed by atoms with Crippen LogP contribution in [0.1, 0.15) is 23.4 Å². The van der Waals surface area contributed by atoms with E-state index in [-0.39, 0.29) is 12.1 Å². The Bertz CT molecular complexity index is 317. The fourth-order valence-corrected chi connectivity index (χ4v) is 3.18. The highest BCUT2D eigenvalue weighted by atomic mass is 16.2. The first-order valence-electron chi connectivity index (χ1n) is 6.08. The predicted molar refractivity (Wildman–Crippen MR) is 44.7 cm³/mol. The maximum Gasteiger partial charge on any atom is 0.317 e. The van der Waals surface area contributed by atoms with Crippen molar-refractivity contribution in [3.8, 4) is 0 Å². The van der Waals surface area contributed by atoms with Crippen LogP contribution in [0.15, 0.2) is 0 Å². The maximum absolute atomic E-state index is 11.6. The Labute approximate surface area is 76.3 Å². The Morgan fingerprint density at radius 1 is 1.58 bits per heavy atom. The number of nitrogens with zero attached hydrogens (tertiary/aromatic N) is 1. The Morgan fingerprint density at radius 3 is 3.25 bits per heavy atom. The lowest BCUT2D eigenvalue weighted by Crippen LogP contribution is -2.39. The topological polar surface area (TPSA) is 32.3 Å². The molecular weight excluding hydrogens is 152 g/mol. The smallest absolute Gasteiger partial charge is 0.317 e. The molecule has 0 spiro atoms. The first kappa shape index (κ1) is 4.49. The molecule has 1 aliphatic heterocycles. The van der Waals surface area contributed by atoms with Crippen molar-refractivity contribution in [2.24, 2.45) is 11.8 Å². The van der Waals surface area contributed by atoms with E-state index in [1.807, 2.05) is 0 Å².